The summed E-state index contributed by atoms with van der Waals surface area (Å²) in [6, 6.07) is 18.9. The Kier molecular flexibility index (Phi) is 4.62. The summed E-state index contributed by atoms with van der Waals surface area (Å²) in [7, 11) is 0. The molecule has 0 radical (unpaired) electrons. The van der Waals surface area contributed by atoms with Crippen LogP contribution in [0.2, 0.25) is 0 Å². The second-order valence-electron chi connectivity index (χ2n) is 7.52. The van der Waals surface area contributed by atoms with Gasteiger partial charge in [-0.15, -0.1) is 0 Å². The standard InChI is InChI=1S/C22H27N5/c1-16-7-9-19(10-8-16)22(24)15-20(23)25-21(26-22)27-13-11-18(12-14-27)17-5-3-2-4-6-17/h2-10,15,18H,11-14,23-24H2,1H3,(H,25,26). The number of nitrogens with two attached hydrogens (primary N) is 2. The van der Waals surface area contributed by atoms with Crippen LogP contribution < -0.4 is 16.8 Å². The number of nitrogens with one attached hydrogen (secondary N) is 1. The highest BCUT2D eigenvalue weighted by Gasteiger charge is 2.32. The van der Waals surface area contributed by atoms with Crippen LogP contribution >= 0.6 is 0 Å². The monoisotopic (exact) mass is 361 g/mol. The van der Waals surface area contributed by atoms with Crippen molar-refractivity contribution < 1.29 is 0 Å². The molecule has 2 aromatic rings. The highest BCUT2D eigenvalue weighted by atomic mass is 15.3. The number of aliphatic imine (C=N–C) groups is 1. The highest BCUT2D eigenvalue weighted by Crippen LogP contribution is 2.30. The van der Waals surface area contributed by atoms with Crippen LogP contribution in [-0.4, -0.2) is 23.9 Å². The predicted molar refractivity (Wildman–Crippen MR) is 110 cm³/mol. The zero-order valence-electron chi connectivity index (χ0n) is 15.7. The van der Waals surface area contributed by atoms with E-state index in [1.807, 2.05) is 12.1 Å². The van der Waals surface area contributed by atoms with E-state index in [9.17, 15) is 0 Å². The molecule has 1 saturated heterocycles. The normalized spacial score (nSPS) is 23.4. The molecule has 0 spiro atoms. The van der Waals surface area contributed by atoms with Crippen molar-refractivity contribution in [3.05, 3.63) is 83.2 Å². The van der Waals surface area contributed by atoms with Crippen molar-refractivity contribution in [2.24, 2.45) is 16.5 Å². The molecule has 5 heteroatoms. The number of piperidine rings is 1. The number of aryl methyl sites for hydroxylation is 1. The minimum atomic E-state index is -0.936. The van der Waals surface area contributed by atoms with Crippen molar-refractivity contribution in [2.45, 2.75) is 31.3 Å². The van der Waals surface area contributed by atoms with Crippen molar-refractivity contribution in [3.8, 4) is 0 Å². The lowest BCUT2D eigenvalue weighted by Crippen LogP contribution is -2.52. The summed E-state index contributed by atoms with van der Waals surface area (Å²) in [5, 5.41) is 3.21. The fourth-order valence-electron chi connectivity index (χ4n) is 3.91. The molecule has 2 aliphatic rings. The molecule has 1 atom stereocenters. The molecule has 5 N–H and O–H groups in total. The maximum atomic E-state index is 6.63. The molecule has 140 valence electrons. The number of benzene rings is 2. The Labute approximate surface area is 160 Å². The lowest BCUT2D eigenvalue weighted by Gasteiger charge is -2.38. The van der Waals surface area contributed by atoms with Crippen LogP contribution in [0.4, 0.5) is 0 Å². The van der Waals surface area contributed by atoms with Gasteiger partial charge in [-0.2, -0.15) is 0 Å². The summed E-state index contributed by atoms with van der Waals surface area (Å²) in [5.41, 5.74) is 15.4. The Morgan fingerprint density at radius 1 is 1.04 bits per heavy atom. The van der Waals surface area contributed by atoms with Crippen molar-refractivity contribution in [1.82, 2.24) is 10.2 Å². The molecular weight excluding hydrogens is 334 g/mol. The summed E-state index contributed by atoms with van der Waals surface area (Å²) in [6.45, 7) is 3.93. The Bertz CT molecular complexity index is 848. The van der Waals surface area contributed by atoms with E-state index in [1.54, 1.807) is 6.08 Å². The third kappa shape index (κ3) is 3.69. The molecule has 2 aliphatic heterocycles. The maximum absolute atomic E-state index is 6.63. The van der Waals surface area contributed by atoms with Gasteiger partial charge in [-0.1, -0.05) is 60.2 Å². The molecule has 0 bridgehead atoms. The van der Waals surface area contributed by atoms with Crippen molar-refractivity contribution >= 4 is 5.96 Å². The molecule has 4 rings (SSSR count). The molecule has 0 aromatic heterocycles. The molecule has 0 amide bonds. The molecule has 0 aliphatic carbocycles. The molecule has 1 fully saturated rings. The topological polar surface area (TPSA) is 79.7 Å². The van der Waals surface area contributed by atoms with Gasteiger partial charge in [0.2, 0.25) is 5.96 Å². The van der Waals surface area contributed by atoms with Crippen LogP contribution in [0.1, 0.15) is 35.4 Å². The van der Waals surface area contributed by atoms with Gasteiger partial charge in [0.15, 0.2) is 5.66 Å². The average molecular weight is 361 g/mol. The molecule has 1 unspecified atom stereocenters. The lowest BCUT2D eigenvalue weighted by atomic mass is 9.89. The van der Waals surface area contributed by atoms with Gasteiger partial charge in [0.05, 0.1) is 0 Å². The highest BCUT2D eigenvalue weighted by molar-refractivity contribution is 5.83. The number of hydrogen-bond acceptors (Lipinski definition) is 5. The van der Waals surface area contributed by atoms with Crippen LogP contribution in [0.25, 0.3) is 0 Å². The van der Waals surface area contributed by atoms with Crippen molar-refractivity contribution in [3.63, 3.8) is 0 Å². The van der Waals surface area contributed by atoms with E-state index in [4.69, 9.17) is 16.5 Å². The smallest absolute Gasteiger partial charge is 0.202 e. The van der Waals surface area contributed by atoms with Crippen molar-refractivity contribution in [1.29, 1.82) is 0 Å². The second-order valence-corrected chi connectivity index (χ2v) is 7.52. The summed E-state index contributed by atoms with van der Waals surface area (Å²) >= 11 is 0. The van der Waals surface area contributed by atoms with Gasteiger partial charge in [-0.05, 0) is 36.8 Å². The van der Waals surface area contributed by atoms with Crippen LogP contribution in [0, 0.1) is 6.92 Å². The van der Waals surface area contributed by atoms with Crippen LogP contribution in [-0.2, 0) is 5.66 Å². The van der Waals surface area contributed by atoms with E-state index >= 15 is 0 Å². The number of hydrogen-bond donors (Lipinski definition) is 3. The molecular formula is C22H27N5. The average Bonchev–Trinajstić information content (AvgIpc) is 2.68. The van der Waals surface area contributed by atoms with Gasteiger partial charge in [0.1, 0.15) is 5.82 Å². The Balaban J connectivity index is 1.52. The first kappa shape index (κ1) is 17.6. The minimum absolute atomic E-state index is 0.549. The third-order valence-corrected chi connectivity index (χ3v) is 5.50. The summed E-state index contributed by atoms with van der Waals surface area (Å²) in [4.78, 5) is 7.10. The third-order valence-electron chi connectivity index (χ3n) is 5.50. The summed E-state index contributed by atoms with van der Waals surface area (Å²) in [5.74, 6) is 1.91. The Hall–Kier alpha value is -2.79. The number of nitrogens with zero attached hydrogens (tertiary/aromatic N) is 2. The van der Waals surface area contributed by atoms with E-state index in [2.05, 4.69) is 59.6 Å². The van der Waals surface area contributed by atoms with Gasteiger partial charge in [0.25, 0.3) is 0 Å². The van der Waals surface area contributed by atoms with E-state index < -0.39 is 5.66 Å². The molecule has 27 heavy (non-hydrogen) atoms. The van der Waals surface area contributed by atoms with Crippen LogP contribution in [0.3, 0.4) is 0 Å². The van der Waals surface area contributed by atoms with Gasteiger partial charge in [-0.3, -0.25) is 5.73 Å². The van der Waals surface area contributed by atoms with Crippen LogP contribution in [0.5, 0.6) is 0 Å². The second kappa shape index (κ2) is 7.08. The largest absolute Gasteiger partial charge is 0.385 e. The van der Waals surface area contributed by atoms with E-state index in [0.717, 1.165) is 37.5 Å². The van der Waals surface area contributed by atoms with Crippen molar-refractivity contribution in [2.75, 3.05) is 13.1 Å². The Morgan fingerprint density at radius 2 is 1.70 bits per heavy atom. The Morgan fingerprint density at radius 3 is 2.37 bits per heavy atom. The first-order chi connectivity index (χ1) is 13.0. The zero-order valence-corrected chi connectivity index (χ0v) is 15.7. The molecule has 2 heterocycles. The molecule has 0 saturated carbocycles. The number of likely N-dealkylation sites (tertiary alicyclic amines) is 1. The number of guanidine groups is 1. The van der Waals surface area contributed by atoms with E-state index in [1.165, 1.54) is 11.1 Å². The fourth-order valence-corrected chi connectivity index (χ4v) is 3.91. The maximum Gasteiger partial charge on any atom is 0.202 e. The molecule has 5 nitrogen and oxygen atoms in total. The van der Waals surface area contributed by atoms with E-state index in [0.29, 0.717) is 11.7 Å². The summed E-state index contributed by atoms with van der Waals surface area (Å²) < 4.78 is 0. The van der Waals surface area contributed by atoms with Gasteiger partial charge < -0.3 is 16.0 Å². The van der Waals surface area contributed by atoms with E-state index in [-0.39, 0.29) is 0 Å². The van der Waals surface area contributed by atoms with Gasteiger partial charge >= 0.3 is 0 Å². The van der Waals surface area contributed by atoms with Gasteiger partial charge in [-0.25, -0.2) is 4.99 Å². The first-order valence-corrected chi connectivity index (χ1v) is 9.55. The fraction of sp³-hybridized carbons (Fsp3) is 0.318. The SMILES string of the molecule is Cc1ccc(C2(N)C=C(N)NC(N3CCC(c4ccccc4)CC3)=N2)cc1. The lowest BCUT2D eigenvalue weighted by molar-refractivity contribution is 0.301. The first-order valence-electron chi connectivity index (χ1n) is 9.55. The zero-order chi connectivity index (χ0) is 18.9. The quantitative estimate of drug-likeness (QED) is 0.768. The predicted octanol–water partition coefficient (Wildman–Crippen LogP) is 2.75. The van der Waals surface area contributed by atoms with Gasteiger partial charge in [0, 0.05) is 19.2 Å². The summed E-state index contributed by atoms with van der Waals surface area (Å²) in [6.07, 6.45) is 3.98. The van der Waals surface area contributed by atoms with Crippen LogP contribution in [0.15, 0.2) is 71.5 Å². The number of rotatable bonds is 2. The molecule has 2 aromatic carbocycles. The minimum Gasteiger partial charge on any atom is -0.385 e.